The van der Waals surface area contributed by atoms with Gasteiger partial charge in [0, 0.05) is 18.8 Å². The topological polar surface area (TPSA) is 97.0 Å². The molecule has 3 aromatic carbocycles. The van der Waals surface area contributed by atoms with Crippen LogP contribution in [0, 0.1) is 5.92 Å². The van der Waals surface area contributed by atoms with Crippen molar-refractivity contribution < 1.29 is 22.7 Å². The van der Waals surface area contributed by atoms with Gasteiger partial charge in [-0.05, 0) is 79.5 Å². The number of para-hydroxylation sites is 2. The standard InChI is InChI=1S/C28H31N3O5S2/c1-21-15-17-31(18-16-21)38(33,34)24-13-11-22(12-14-24)29-28(37)30-27(32)25-9-5-6-10-26(25)36-20-19-35-23-7-3-2-4-8-23/h2-14,21H,15-20H2,1H3,(H2,29,30,32,37). The minimum absolute atomic E-state index is 0.0813. The van der Waals surface area contributed by atoms with E-state index in [2.05, 4.69) is 17.6 Å². The first-order valence-corrected chi connectivity index (χ1v) is 14.3. The first-order chi connectivity index (χ1) is 18.3. The number of hydrogen-bond acceptors (Lipinski definition) is 6. The summed E-state index contributed by atoms with van der Waals surface area (Å²) in [6.45, 7) is 3.78. The Morgan fingerprint density at radius 2 is 1.55 bits per heavy atom. The van der Waals surface area contributed by atoms with Crippen molar-refractivity contribution in [3.05, 3.63) is 84.4 Å². The fraction of sp³-hybridized carbons (Fsp3) is 0.286. The van der Waals surface area contributed by atoms with Gasteiger partial charge in [0.1, 0.15) is 24.7 Å². The highest BCUT2D eigenvalue weighted by Gasteiger charge is 2.28. The smallest absolute Gasteiger partial charge is 0.261 e. The molecule has 0 spiro atoms. The van der Waals surface area contributed by atoms with Crippen molar-refractivity contribution >= 4 is 38.9 Å². The highest BCUT2D eigenvalue weighted by atomic mass is 32.2. The van der Waals surface area contributed by atoms with Crippen molar-refractivity contribution in [3.63, 3.8) is 0 Å². The molecule has 10 heteroatoms. The predicted octanol–water partition coefficient (Wildman–Crippen LogP) is 4.69. The number of amides is 1. The number of carbonyl (C=O) groups excluding carboxylic acids is 1. The zero-order valence-corrected chi connectivity index (χ0v) is 22.8. The summed E-state index contributed by atoms with van der Waals surface area (Å²) in [6.07, 6.45) is 1.73. The van der Waals surface area contributed by atoms with Gasteiger partial charge in [-0.3, -0.25) is 10.1 Å². The zero-order valence-electron chi connectivity index (χ0n) is 21.1. The Labute approximate surface area is 229 Å². The third-order valence-electron chi connectivity index (χ3n) is 6.20. The Morgan fingerprint density at radius 1 is 0.921 bits per heavy atom. The summed E-state index contributed by atoms with van der Waals surface area (Å²) in [5.41, 5.74) is 0.887. The quantitative estimate of drug-likeness (QED) is 0.293. The second-order valence-electron chi connectivity index (χ2n) is 9.03. The van der Waals surface area contributed by atoms with Gasteiger partial charge in [0.2, 0.25) is 10.0 Å². The SMILES string of the molecule is CC1CCN(S(=O)(=O)c2ccc(NC(=S)NC(=O)c3ccccc3OCCOc3ccccc3)cc2)CC1. The number of piperidine rings is 1. The summed E-state index contributed by atoms with van der Waals surface area (Å²) in [5, 5.41) is 5.65. The molecular weight excluding hydrogens is 522 g/mol. The van der Waals surface area contributed by atoms with Gasteiger partial charge < -0.3 is 14.8 Å². The lowest BCUT2D eigenvalue weighted by atomic mass is 10.0. The number of carbonyl (C=O) groups is 1. The molecule has 1 saturated heterocycles. The third-order valence-corrected chi connectivity index (χ3v) is 8.32. The van der Waals surface area contributed by atoms with Crippen LogP contribution in [0.5, 0.6) is 11.5 Å². The van der Waals surface area contributed by atoms with Crippen LogP contribution in [0.3, 0.4) is 0 Å². The van der Waals surface area contributed by atoms with Crippen LogP contribution in [0.4, 0.5) is 5.69 Å². The molecule has 2 N–H and O–H groups in total. The van der Waals surface area contributed by atoms with Crippen LogP contribution >= 0.6 is 12.2 Å². The summed E-state index contributed by atoms with van der Waals surface area (Å²) < 4.78 is 38.8. The van der Waals surface area contributed by atoms with E-state index in [1.807, 2.05) is 30.3 Å². The number of rotatable bonds is 9. The summed E-state index contributed by atoms with van der Waals surface area (Å²) in [7, 11) is -3.54. The van der Waals surface area contributed by atoms with Crippen molar-refractivity contribution in [1.29, 1.82) is 0 Å². The molecule has 0 radical (unpaired) electrons. The van der Waals surface area contributed by atoms with Crippen molar-refractivity contribution in [2.45, 2.75) is 24.7 Å². The molecule has 0 aliphatic carbocycles. The Kier molecular flexibility index (Phi) is 9.33. The second kappa shape index (κ2) is 12.9. The van der Waals surface area contributed by atoms with E-state index in [-0.39, 0.29) is 16.6 Å². The number of hydrogen-bond donors (Lipinski definition) is 2. The van der Waals surface area contributed by atoms with Gasteiger partial charge in [0.25, 0.3) is 5.91 Å². The number of nitrogens with one attached hydrogen (secondary N) is 2. The summed E-state index contributed by atoms with van der Waals surface area (Å²) >= 11 is 5.31. The Balaban J connectivity index is 1.30. The Hall–Kier alpha value is -3.47. The monoisotopic (exact) mass is 553 g/mol. The van der Waals surface area contributed by atoms with Gasteiger partial charge in [0.05, 0.1) is 10.5 Å². The second-order valence-corrected chi connectivity index (χ2v) is 11.4. The lowest BCUT2D eigenvalue weighted by Crippen LogP contribution is -2.37. The molecule has 8 nitrogen and oxygen atoms in total. The molecule has 1 amide bonds. The average Bonchev–Trinajstić information content (AvgIpc) is 2.92. The van der Waals surface area contributed by atoms with E-state index in [4.69, 9.17) is 21.7 Å². The van der Waals surface area contributed by atoms with E-state index in [1.165, 1.54) is 4.31 Å². The summed E-state index contributed by atoms with van der Waals surface area (Å²) in [5.74, 6) is 1.26. The highest BCUT2D eigenvalue weighted by molar-refractivity contribution is 7.89. The van der Waals surface area contributed by atoms with Gasteiger partial charge in [-0.1, -0.05) is 37.3 Å². The fourth-order valence-electron chi connectivity index (χ4n) is 4.03. The largest absolute Gasteiger partial charge is 0.490 e. The maximum absolute atomic E-state index is 12.9. The maximum Gasteiger partial charge on any atom is 0.261 e. The minimum atomic E-state index is -3.54. The average molecular weight is 554 g/mol. The first kappa shape index (κ1) is 27.6. The first-order valence-electron chi connectivity index (χ1n) is 12.4. The van der Waals surface area contributed by atoms with E-state index in [0.717, 1.165) is 18.6 Å². The molecule has 0 unspecified atom stereocenters. The van der Waals surface area contributed by atoms with Crippen molar-refractivity contribution in [1.82, 2.24) is 9.62 Å². The molecule has 0 atom stereocenters. The molecule has 3 aromatic rings. The van der Waals surface area contributed by atoms with E-state index in [1.54, 1.807) is 48.5 Å². The molecular formula is C28H31N3O5S2. The van der Waals surface area contributed by atoms with E-state index in [9.17, 15) is 13.2 Å². The maximum atomic E-state index is 12.9. The zero-order chi connectivity index (χ0) is 27.0. The highest BCUT2D eigenvalue weighted by Crippen LogP contribution is 2.24. The normalized spacial score (nSPS) is 14.4. The molecule has 38 heavy (non-hydrogen) atoms. The number of sulfonamides is 1. The number of ether oxygens (including phenoxy) is 2. The molecule has 1 aliphatic rings. The van der Waals surface area contributed by atoms with Crippen LogP contribution in [-0.2, 0) is 10.0 Å². The van der Waals surface area contributed by atoms with Crippen LogP contribution < -0.4 is 20.1 Å². The molecule has 0 aromatic heterocycles. The lowest BCUT2D eigenvalue weighted by molar-refractivity contribution is 0.0972. The molecule has 1 heterocycles. The van der Waals surface area contributed by atoms with Crippen LogP contribution in [0.2, 0.25) is 0 Å². The Morgan fingerprint density at radius 3 is 2.26 bits per heavy atom. The van der Waals surface area contributed by atoms with Crippen LogP contribution in [0.25, 0.3) is 0 Å². The summed E-state index contributed by atoms with van der Waals surface area (Å²) in [6, 6.07) is 22.6. The van der Waals surface area contributed by atoms with Crippen molar-refractivity contribution in [2.24, 2.45) is 5.92 Å². The number of nitrogens with zero attached hydrogens (tertiary/aromatic N) is 1. The minimum Gasteiger partial charge on any atom is -0.490 e. The molecule has 0 bridgehead atoms. The van der Waals surface area contributed by atoms with Gasteiger partial charge in [-0.2, -0.15) is 4.31 Å². The van der Waals surface area contributed by atoms with E-state index >= 15 is 0 Å². The van der Waals surface area contributed by atoms with E-state index in [0.29, 0.717) is 42.6 Å². The van der Waals surface area contributed by atoms with E-state index < -0.39 is 15.9 Å². The third kappa shape index (κ3) is 7.31. The molecule has 1 aliphatic heterocycles. The molecule has 4 rings (SSSR count). The van der Waals surface area contributed by atoms with Gasteiger partial charge >= 0.3 is 0 Å². The summed E-state index contributed by atoms with van der Waals surface area (Å²) in [4.78, 5) is 13.1. The van der Waals surface area contributed by atoms with Crippen LogP contribution in [0.1, 0.15) is 30.1 Å². The molecule has 200 valence electrons. The van der Waals surface area contributed by atoms with Gasteiger partial charge in [-0.15, -0.1) is 0 Å². The number of anilines is 1. The molecule has 1 fully saturated rings. The van der Waals surface area contributed by atoms with Crippen LogP contribution in [0.15, 0.2) is 83.8 Å². The number of thiocarbonyl (C=S) groups is 1. The van der Waals surface area contributed by atoms with Gasteiger partial charge in [0.15, 0.2) is 5.11 Å². The van der Waals surface area contributed by atoms with Crippen molar-refractivity contribution in [3.8, 4) is 11.5 Å². The van der Waals surface area contributed by atoms with Crippen LogP contribution in [-0.4, -0.2) is 50.0 Å². The van der Waals surface area contributed by atoms with Crippen molar-refractivity contribution in [2.75, 3.05) is 31.6 Å². The fourth-order valence-corrected chi connectivity index (χ4v) is 5.71. The predicted molar refractivity (Wildman–Crippen MR) is 151 cm³/mol. The molecule has 0 saturated carbocycles. The Bertz CT molecular complexity index is 1340. The van der Waals surface area contributed by atoms with Gasteiger partial charge in [-0.25, -0.2) is 8.42 Å². The lowest BCUT2D eigenvalue weighted by Gasteiger charge is -2.29. The number of benzene rings is 3.